The standard InChI is InChI=1S/C54H90O6/c1-4-7-10-13-16-19-22-24-26-27-28-29-31-32-35-38-41-44-47-53(56)59-50-51(49-58-52(55)46-43-40-37-34-21-18-15-12-9-6-3)60-54(57)48-45-42-39-36-33-30-25-23-20-17-14-11-8-5-2/h8,11,15,17-18,20,22,24-30,51H,4-7,9-10,12-14,16,19,21,23,31-50H2,1-3H3/b11-8-,18-15-,20-17-,24-22-,27-26-,29-28-,30-25-. The summed E-state index contributed by atoms with van der Waals surface area (Å²) in [7, 11) is 0. The van der Waals surface area contributed by atoms with Crippen LogP contribution in [0.2, 0.25) is 0 Å². The number of allylic oxidation sites excluding steroid dienone is 14. The molecule has 0 N–H and O–H groups in total. The van der Waals surface area contributed by atoms with Gasteiger partial charge in [-0.3, -0.25) is 14.4 Å². The molecule has 1 atom stereocenters. The molecule has 0 heterocycles. The van der Waals surface area contributed by atoms with E-state index in [2.05, 4.69) is 106 Å². The quantitative estimate of drug-likeness (QED) is 0.0200. The van der Waals surface area contributed by atoms with E-state index in [0.29, 0.717) is 19.3 Å². The van der Waals surface area contributed by atoms with E-state index in [1.165, 1.54) is 44.9 Å². The predicted octanol–water partition coefficient (Wildman–Crippen LogP) is 16.0. The fourth-order valence-corrected chi connectivity index (χ4v) is 6.44. The summed E-state index contributed by atoms with van der Waals surface area (Å²) in [6.45, 7) is 6.40. The Morgan fingerprint density at radius 1 is 0.367 bits per heavy atom. The Labute approximate surface area is 369 Å². The maximum absolute atomic E-state index is 12.7. The van der Waals surface area contributed by atoms with Gasteiger partial charge in [0.15, 0.2) is 6.10 Å². The van der Waals surface area contributed by atoms with Gasteiger partial charge in [0.25, 0.3) is 0 Å². The number of ether oxygens (including phenoxy) is 3. The number of hydrogen-bond donors (Lipinski definition) is 0. The minimum atomic E-state index is -0.800. The molecule has 1 unspecified atom stereocenters. The molecule has 0 rings (SSSR count). The van der Waals surface area contributed by atoms with Gasteiger partial charge in [-0.05, 0) is 96.3 Å². The Morgan fingerprint density at radius 3 is 1.22 bits per heavy atom. The van der Waals surface area contributed by atoms with Gasteiger partial charge in [0, 0.05) is 19.3 Å². The molecule has 0 aliphatic rings. The van der Waals surface area contributed by atoms with Crippen LogP contribution in [0, 0.1) is 0 Å². The molecule has 342 valence electrons. The number of esters is 3. The minimum absolute atomic E-state index is 0.0997. The average molecular weight is 835 g/mol. The maximum atomic E-state index is 12.7. The van der Waals surface area contributed by atoms with Crippen LogP contribution in [0.15, 0.2) is 85.1 Å². The third-order valence-corrected chi connectivity index (χ3v) is 10.2. The highest BCUT2D eigenvalue weighted by Crippen LogP contribution is 2.13. The number of rotatable bonds is 43. The summed E-state index contributed by atoms with van der Waals surface area (Å²) in [6.07, 6.45) is 61.4. The smallest absolute Gasteiger partial charge is 0.306 e. The van der Waals surface area contributed by atoms with Gasteiger partial charge in [-0.1, -0.05) is 189 Å². The molecule has 0 saturated heterocycles. The molecule has 0 bridgehead atoms. The highest BCUT2D eigenvalue weighted by atomic mass is 16.6. The van der Waals surface area contributed by atoms with Crippen molar-refractivity contribution >= 4 is 17.9 Å². The van der Waals surface area contributed by atoms with Gasteiger partial charge in [0.05, 0.1) is 0 Å². The molecule has 0 aliphatic heterocycles. The topological polar surface area (TPSA) is 78.9 Å². The molecule has 0 spiro atoms. The van der Waals surface area contributed by atoms with E-state index in [1.807, 2.05) is 0 Å². The van der Waals surface area contributed by atoms with E-state index >= 15 is 0 Å². The molecular formula is C54H90O6. The highest BCUT2D eigenvalue weighted by molar-refractivity contribution is 5.71. The van der Waals surface area contributed by atoms with E-state index in [4.69, 9.17) is 14.2 Å². The summed E-state index contributed by atoms with van der Waals surface area (Å²) < 4.78 is 16.7. The Hall–Kier alpha value is -3.41. The summed E-state index contributed by atoms with van der Waals surface area (Å²) in [6, 6.07) is 0. The first-order valence-electron chi connectivity index (χ1n) is 24.6. The lowest BCUT2D eigenvalue weighted by atomic mass is 10.1. The normalized spacial score (nSPS) is 12.8. The predicted molar refractivity (Wildman–Crippen MR) is 256 cm³/mol. The second kappa shape index (κ2) is 48.3. The maximum Gasteiger partial charge on any atom is 0.306 e. The van der Waals surface area contributed by atoms with Gasteiger partial charge in [-0.15, -0.1) is 0 Å². The van der Waals surface area contributed by atoms with Crippen molar-refractivity contribution in [2.24, 2.45) is 0 Å². The first-order chi connectivity index (χ1) is 29.5. The van der Waals surface area contributed by atoms with Gasteiger partial charge < -0.3 is 14.2 Å². The minimum Gasteiger partial charge on any atom is -0.462 e. The summed E-state index contributed by atoms with van der Waals surface area (Å²) in [4.78, 5) is 37.8. The largest absolute Gasteiger partial charge is 0.462 e. The van der Waals surface area contributed by atoms with Gasteiger partial charge in [0.2, 0.25) is 0 Å². The van der Waals surface area contributed by atoms with E-state index in [-0.39, 0.29) is 31.1 Å². The number of carbonyl (C=O) groups excluding carboxylic acids is 3. The molecule has 0 aromatic rings. The number of carbonyl (C=O) groups is 3. The Kier molecular flexibility index (Phi) is 45.5. The van der Waals surface area contributed by atoms with Crippen molar-refractivity contribution in [3.05, 3.63) is 85.1 Å². The molecule has 0 aliphatic carbocycles. The SMILES string of the molecule is CC/C=C\C/C=C\C/C=C\CCCCCCC(=O)OC(COC(=O)CCCCCC/C=C\CCCC)COC(=O)CCCCCCC\C=C/C=C\C=C/CCCCCCC. The first kappa shape index (κ1) is 56.6. The van der Waals surface area contributed by atoms with Crippen LogP contribution in [0.1, 0.15) is 220 Å². The van der Waals surface area contributed by atoms with E-state index in [9.17, 15) is 14.4 Å². The number of unbranched alkanes of at least 4 members (excludes halogenated alkanes) is 20. The van der Waals surface area contributed by atoms with Gasteiger partial charge >= 0.3 is 17.9 Å². The first-order valence-corrected chi connectivity index (χ1v) is 24.6. The van der Waals surface area contributed by atoms with Crippen LogP contribution in [0.3, 0.4) is 0 Å². The fourth-order valence-electron chi connectivity index (χ4n) is 6.44. The van der Waals surface area contributed by atoms with Crippen molar-refractivity contribution in [3.63, 3.8) is 0 Å². The molecule has 0 amide bonds. The zero-order valence-corrected chi connectivity index (χ0v) is 38.9. The second-order valence-corrected chi connectivity index (χ2v) is 16.0. The molecule has 60 heavy (non-hydrogen) atoms. The van der Waals surface area contributed by atoms with E-state index in [0.717, 1.165) is 135 Å². The van der Waals surface area contributed by atoms with Crippen LogP contribution < -0.4 is 0 Å². The second-order valence-electron chi connectivity index (χ2n) is 16.0. The molecule has 0 fully saturated rings. The Bertz CT molecular complexity index is 1190. The summed E-state index contributed by atoms with van der Waals surface area (Å²) in [5.41, 5.74) is 0. The van der Waals surface area contributed by atoms with Gasteiger partial charge in [-0.25, -0.2) is 0 Å². The molecule has 0 saturated carbocycles. The van der Waals surface area contributed by atoms with Crippen LogP contribution in [0.5, 0.6) is 0 Å². The van der Waals surface area contributed by atoms with Crippen molar-refractivity contribution < 1.29 is 28.6 Å². The molecule has 6 heteroatoms. The summed E-state index contributed by atoms with van der Waals surface area (Å²) >= 11 is 0. The Balaban J connectivity index is 4.45. The van der Waals surface area contributed by atoms with E-state index < -0.39 is 6.10 Å². The zero-order chi connectivity index (χ0) is 43.7. The van der Waals surface area contributed by atoms with Gasteiger partial charge in [0.1, 0.15) is 13.2 Å². The van der Waals surface area contributed by atoms with Crippen molar-refractivity contribution in [2.75, 3.05) is 13.2 Å². The Morgan fingerprint density at radius 2 is 0.733 bits per heavy atom. The third-order valence-electron chi connectivity index (χ3n) is 10.2. The molecule has 0 radical (unpaired) electrons. The molecule has 0 aromatic heterocycles. The van der Waals surface area contributed by atoms with Crippen LogP contribution >= 0.6 is 0 Å². The summed E-state index contributed by atoms with van der Waals surface area (Å²) in [5.74, 6) is -0.960. The van der Waals surface area contributed by atoms with Crippen LogP contribution in [-0.2, 0) is 28.6 Å². The zero-order valence-electron chi connectivity index (χ0n) is 38.9. The highest BCUT2D eigenvalue weighted by Gasteiger charge is 2.19. The van der Waals surface area contributed by atoms with Crippen LogP contribution in [0.25, 0.3) is 0 Å². The lowest BCUT2D eigenvalue weighted by Crippen LogP contribution is -2.30. The third kappa shape index (κ3) is 45.7. The monoisotopic (exact) mass is 835 g/mol. The molecule has 6 nitrogen and oxygen atoms in total. The van der Waals surface area contributed by atoms with Crippen LogP contribution in [-0.4, -0.2) is 37.2 Å². The van der Waals surface area contributed by atoms with Crippen molar-refractivity contribution in [2.45, 2.75) is 226 Å². The molecular weight excluding hydrogens is 745 g/mol. The lowest BCUT2D eigenvalue weighted by Gasteiger charge is -2.18. The van der Waals surface area contributed by atoms with Gasteiger partial charge in [-0.2, -0.15) is 0 Å². The van der Waals surface area contributed by atoms with Crippen molar-refractivity contribution in [1.29, 1.82) is 0 Å². The van der Waals surface area contributed by atoms with E-state index in [1.54, 1.807) is 0 Å². The lowest BCUT2D eigenvalue weighted by molar-refractivity contribution is -0.167. The van der Waals surface area contributed by atoms with Crippen LogP contribution in [0.4, 0.5) is 0 Å². The molecule has 0 aromatic carbocycles. The fraction of sp³-hybridized carbons (Fsp3) is 0.685. The average Bonchev–Trinajstić information content (AvgIpc) is 3.24. The number of hydrogen-bond acceptors (Lipinski definition) is 6. The van der Waals surface area contributed by atoms with Crippen molar-refractivity contribution in [1.82, 2.24) is 0 Å². The van der Waals surface area contributed by atoms with Crippen molar-refractivity contribution in [3.8, 4) is 0 Å². The summed E-state index contributed by atoms with van der Waals surface area (Å²) in [5, 5.41) is 0.